The zero-order valence-electron chi connectivity index (χ0n) is 5.39. The van der Waals surface area contributed by atoms with Crippen LogP contribution in [-0.2, 0) is 9.59 Å². The predicted molar refractivity (Wildman–Crippen MR) is 35.4 cm³/mol. The first kappa shape index (κ1) is 16.3. The molecule has 0 radical (unpaired) electrons. The van der Waals surface area contributed by atoms with Gasteiger partial charge < -0.3 is 32.3 Å². The summed E-state index contributed by atoms with van der Waals surface area (Å²) in [6, 6.07) is 0. The minimum absolute atomic E-state index is 1.50. The Morgan fingerprint density at radius 3 is 0.917 bits per heavy atom. The first-order valence-corrected chi connectivity index (χ1v) is 1.91. The second-order valence-corrected chi connectivity index (χ2v) is 0.789. The molecule has 0 spiro atoms. The summed E-state index contributed by atoms with van der Waals surface area (Å²) in [5.74, 6) is -3.65. The van der Waals surface area contributed by atoms with Crippen LogP contribution < -0.4 is 0 Å². The topological polar surface area (TPSA) is 192 Å². The highest BCUT2D eigenvalue weighted by Gasteiger charge is 2.04. The maximum absolute atomic E-state index is 9.10. The predicted octanol–water partition coefficient (Wildman–Crippen LogP) is 0.888. The third-order valence-electron chi connectivity index (χ3n) is 0.183. The van der Waals surface area contributed by atoms with Gasteiger partial charge in [0.25, 0.3) is 0 Å². The Hall–Kier alpha value is -2.44. The van der Waals surface area contributed by atoms with Crippen LogP contribution in [0.1, 0.15) is 0 Å². The smallest absolute Gasteiger partial charge is 0.414 e. The van der Waals surface area contributed by atoms with Gasteiger partial charge in [0.15, 0.2) is 0 Å². The molecule has 0 aliphatic heterocycles. The molecule has 0 aromatic carbocycles. The molecule has 12 heavy (non-hydrogen) atoms. The standard InChI is InChI=1S/C2H2O4.2N3/c3-1(4)2(5)6;2*1-3-2/h(H,3,4)(H,5,6);;/q;2*-1. The van der Waals surface area contributed by atoms with E-state index in [4.69, 9.17) is 41.9 Å². The monoisotopic (exact) mass is 174 g/mol. The number of carboxylic acids is 2. The highest BCUT2D eigenvalue weighted by molar-refractivity contribution is 6.27. The molecule has 2 N–H and O–H groups in total. The lowest BCUT2D eigenvalue weighted by Crippen LogP contribution is -2.09. The molecule has 66 valence electrons. The van der Waals surface area contributed by atoms with Crippen molar-refractivity contribution in [3.05, 3.63) is 31.9 Å². The van der Waals surface area contributed by atoms with E-state index in [-0.39, 0.29) is 0 Å². The third-order valence-corrected chi connectivity index (χ3v) is 0.183. The molecule has 0 saturated heterocycles. The van der Waals surface area contributed by atoms with Crippen LogP contribution in [0.15, 0.2) is 0 Å². The fraction of sp³-hybridized carbons (Fsp3) is 0. The van der Waals surface area contributed by atoms with Gasteiger partial charge in [0.2, 0.25) is 0 Å². The quantitative estimate of drug-likeness (QED) is 0.238. The fourth-order valence-corrected chi connectivity index (χ4v) is 0. The molecule has 0 aliphatic carbocycles. The molecule has 0 bridgehead atoms. The van der Waals surface area contributed by atoms with Crippen molar-refractivity contribution in [1.29, 1.82) is 0 Å². The van der Waals surface area contributed by atoms with E-state index in [2.05, 4.69) is 0 Å². The Balaban J connectivity index is -0.000000115. The van der Waals surface area contributed by atoms with E-state index in [1.807, 2.05) is 0 Å². The van der Waals surface area contributed by atoms with Gasteiger partial charge in [0.05, 0.1) is 0 Å². The average Bonchev–Trinajstić information content (AvgIpc) is 1.90. The van der Waals surface area contributed by atoms with Crippen molar-refractivity contribution >= 4 is 11.9 Å². The molecule has 10 nitrogen and oxygen atoms in total. The Morgan fingerprint density at radius 2 is 0.917 bits per heavy atom. The summed E-state index contributed by atoms with van der Waals surface area (Å²) in [5, 5.41) is 14.8. The highest BCUT2D eigenvalue weighted by Crippen LogP contribution is 1.56. The molecule has 10 heteroatoms. The zero-order valence-corrected chi connectivity index (χ0v) is 5.39. The highest BCUT2D eigenvalue weighted by atomic mass is 16.4. The van der Waals surface area contributed by atoms with Crippen molar-refractivity contribution in [2.45, 2.75) is 0 Å². The number of hydrogen-bond acceptors (Lipinski definition) is 2. The minimum atomic E-state index is -1.82. The molecule has 0 atom stereocenters. The van der Waals surface area contributed by atoms with Crippen LogP contribution in [0.5, 0.6) is 0 Å². The molecule has 0 fully saturated rings. The van der Waals surface area contributed by atoms with E-state index < -0.39 is 11.9 Å². The normalized spacial score (nSPS) is 5.00. The van der Waals surface area contributed by atoms with Crippen LogP contribution in [0.4, 0.5) is 0 Å². The summed E-state index contributed by atoms with van der Waals surface area (Å²) in [6.07, 6.45) is 0. The molecule has 0 saturated carbocycles. The Bertz CT molecular complexity index is 186. The van der Waals surface area contributed by atoms with E-state index in [0.29, 0.717) is 0 Å². The number of aliphatic carboxylic acids is 2. The van der Waals surface area contributed by atoms with Crippen LogP contribution in [0, 0.1) is 0 Å². The lowest BCUT2D eigenvalue weighted by Gasteiger charge is -1.72. The average molecular weight is 174 g/mol. The van der Waals surface area contributed by atoms with Crippen molar-refractivity contribution in [2.75, 3.05) is 0 Å². The van der Waals surface area contributed by atoms with Gasteiger partial charge >= 0.3 is 11.9 Å². The first-order chi connectivity index (χ1) is 5.47. The summed E-state index contributed by atoms with van der Waals surface area (Å²) >= 11 is 0. The van der Waals surface area contributed by atoms with E-state index in [1.54, 1.807) is 0 Å². The second kappa shape index (κ2) is 15.8. The number of rotatable bonds is 0. The SMILES string of the molecule is O=C(O)C(=O)O.[N-]=[N+]=[N-].[N-]=[N+]=[N-]. The van der Waals surface area contributed by atoms with Crippen molar-refractivity contribution in [3.8, 4) is 0 Å². The van der Waals surface area contributed by atoms with Gasteiger partial charge in [-0.05, 0) is 0 Å². The van der Waals surface area contributed by atoms with E-state index >= 15 is 0 Å². The molecular formula is C2H2N6O4-2. The van der Waals surface area contributed by atoms with Gasteiger partial charge in [-0.25, -0.2) is 9.59 Å². The van der Waals surface area contributed by atoms with Crippen LogP contribution >= 0.6 is 0 Å². The van der Waals surface area contributed by atoms with Crippen molar-refractivity contribution in [2.24, 2.45) is 0 Å². The van der Waals surface area contributed by atoms with Crippen LogP contribution in [0.25, 0.3) is 31.9 Å². The Morgan fingerprint density at radius 1 is 0.833 bits per heavy atom. The lowest BCUT2D eigenvalue weighted by atomic mass is 10.7. The zero-order chi connectivity index (χ0) is 10.6. The van der Waals surface area contributed by atoms with Gasteiger partial charge in [0.1, 0.15) is 0 Å². The molecule has 0 aliphatic rings. The van der Waals surface area contributed by atoms with Crippen molar-refractivity contribution in [3.63, 3.8) is 0 Å². The van der Waals surface area contributed by atoms with Gasteiger partial charge in [-0.2, -0.15) is 0 Å². The van der Waals surface area contributed by atoms with Crippen molar-refractivity contribution < 1.29 is 19.8 Å². The van der Waals surface area contributed by atoms with Gasteiger partial charge in [-0.1, -0.05) is 0 Å². The number of carboxylic acid groups (broad SMARTS) is 2. The molecule has 0 rings (SSSR count). The van der Waals surface area contributed by atoms with E-state index in [1.165, 1.54) is 9.82 Å². The van der Waals surface area contributed by atoms with Gasteiger partial charge in [-0.15, -0.1) is 0 Å². The van der Waals surface area contributed by atoms with Gasteiger partial charge in [0, 0.05) is 0 Å². The van der Waals surface area contributed by atoms with E-state index in [0.717, 1.165) is 0 Å². The maximum Gasteiger partial charge on any atom is 0.414 e. The number of carbonyl (C=O) groups is 2. The molecule has 0 heterocycles. The fourth-order valence-electron chi connectivity index (χ4n) is 0. The van der Waals surface area contributed by atoms with Crippen LogP contribution in [0.2, 0.25) is 0 Å². The molecule has 0 aromatic rings. The van der Waals surface area contributed by atoms with E-state index in [9.17, 15) is 0 Å². The first-order valence-electron chi connectivity index (χ1n) is 1.91. The van der Waals surface area contributed by atoms with Crippen molar-refractivity contribution in [1.82, 2.24) is 0 Å². The van der Waals surface area contributed by atoms with Gasteiger partial charge in [-0.3, -0.25) is 9.82 Å². The summed E-state index contributed by atoms with van der Waals surface area (Å²) in [5.41, 5.74) is 27.0. The lowest BCUT2D eigenvalue weighted by molar-refractivity contribution is -0.159. The number of hydrogen-bond donors (Lipinski definition) is 2. The molecule has 0 unspecified atom stereocenters. The summed E-state index contributed by atoms with van der Waals surface area (Å²) in [6.45, 7) is 0. The largest absolute Gasteiger partial charge is 0.473 e. The molecule has 0 aromatic heterocycles. The number of nitrogens with zero attached hydrogens (tertiary/aromatic N) is 6. The summed E-state index contributed by atoms with van der Waals surface area (Å²) in [7, 11) is 0. The summed E-state index contributed by atoms with van der Waals surface area (Å²) < 4.78 is 0. The van der Waals surface area contributed by atoms with Crippen LogP contribution in [-0.4, -0.2) is 22.2 Å². The summed E-state index contributed by atoms with van der Waals surface area (Å²) in [4.78, 5) is 21.2. The third kappa shape index (κ3) is 134. The molecule has 0 amide bonds. The minimum Gasteiger partial charge on any atom is -0.473 e. The Labute approximate surface area is 64.9 Å². The second-order valence-electron chi connectivity index (χ2n) is 0.789. The molecular weight excluding hydrogens is 172 g/mol. The Kier molecular flexibility index (Phi) is 21.5. The maximum atomic E-state index is 9.10. The van der Waals surface area contributed by atoms with Crippen LogP contribution in [0.3, 0.4) is 0 Å².